The molecule has 1 atom stereocenters. The van der Waals surface area contributed by atoms with Crippen molar-refractivity contribution in [3.8, 4) is 0 Å². The minimum Gasteiger partial charge on any atom is -0.340 e. The predicted molar refractivity (Wildman–Crippen MR) is 79.8 cm³/mol. The zero-order valence-corrected chi connectivity index (χ0v) is 12.3. The van der Waals surface area contributed by atoms with Gasteiger partial charge in [-0.3, -0.25) is 9.59 Å². The lowest BCUT2D eigenvalue weighted by Gasteiger charge is -2.26. The second-order valence-electron chi connectivity index (χ2n) is 5.67. The number of nitrogens with one attached hydrogen (secondary N) is 1. The summed E-state index contributed by atoms with van der Waals surface area (Å²) < 4.78 is 0. The Morgan fingerprint density at radius 2 is 1.95 bits per heavy atom. The van der Waals surface area contributed by atoms with E-state index in [1.165, 1.54) is 0 Å². The van der Waals surface area contributed by atoms with Crippen LogP contribution in [0.15, 0.2) is 24.3 Å². The number of fused-ring (bicyclic) bond motifs is 1. The second kappa shape index (κ2) is 6.07. The van der Waals surface area contributed by atoms with Crippen molar-refractivity contribution in [3.05, 3.63) is 29.8 Å². The van der Waals surface area contributed by atoms with Crippen molar-refractivity contribution in [1.29, 1.82) is 0 Å². The van der Waals surface area contributed by atoms with Gasteiger partial charge in [0.2, 0.25) is 5.91 Å². The molecule has 0 radical (unpaired) electrons. The molecule has 4 nitrogen and oxygen atoms in total. The number of benzene rings is 1. The van der Waals surface area contributed by atoms with E-state index in [4.69, 9.17) is 0 Å². The molecule has 0 spiro atoms. The Morgan fingerprint density at radius 1 is 1.25 bits per heavy atom. The van der Waals surface area contributed by atoms with Crippen LogP contribution >= 0.6 is 0 Å². The van der Waals surface area contributed by atoms with Crippen LogP contribution in [0.1, 0.15) is 44.0 Å². The van der Waals surface area contributed by atoms with Crippen molar-refractivity contribution in [2.75, 3.05) is 11.4 Å². The van der Waals surface area contributed by atoms with Gasteiger partial charge in [-0.1, -0.05) is 39.3 Å². The van der Waals surface area contributed by atoms with E-state index in [-0.39, 0.29) is 11.8 Å². The van der Waals surface area contributed by atoms with E-state index in [1.807, 2.05) is 25.1 Å². The molecule has 0 fully saturated rings. The maximum Gasteiger partial charge on any atom is 0.254 e. The molecule has 0 saturated heterocycles. The average molecular weight is 274 g/mol. The largest absolute Gasteiger partial charge is 0.340 e. The van der Waals surface area contributed by atoms with Gasteiger partial charge in [-0.05, 0) is 24.5 Å². The fraction of sp³-hybridized carbons (Fsp3) is 0.500. The molecule has 1 aliphatic heterocycles. The molecule has 0 bridgehead atoms. The van der Waals surface area contributed by atoms with E-state index < -0.39 is 6.04 Å². The highest BCUT2D eigenvalue weighted by Crippen LogP contribution is 2.25. The average Bonchev–Trinajstić information content (AvgIpc) is 2.51. The van der Waals surface area contributed by atoms with Crippen LogP contribution in [0.5, 0.6) is 0 Å². The molecule has 1 aliphatic rings. The maximum atomic E-state index is 12.7. The molecular formula is C16H22N2O2. The summed E-state index contributed by atoms with van der Waals surface area (Å²) in [6.07, 6.45) is 1.54. The highest BCUT2D eigenvalue weighted by Gasteiger charge is 2.33. The first kappa shape index (κ1) is 14.6. The molecule has 1 aromatic rings. The summed E-state index contributed by atoms with van der Waals surface area (Å²) in [4.78, 5) is 26.7. The van der Waals surface area contributed by atoms with Gasteiger partial charge in [0, 0.05) is 6.54 Å². The Bertz CT molecular complexity index is 511. The van der Waals surface area contributed by atoms with Crippen molar-refractivity contribution < 1.29 is 9.59 Å². The lowest BCUT2D eigenvalue weighted by Crippen LogP contribution is -2.46. The number of hydrogen-bond acceptors (Lipinski definition) is 2. The summed E-state index contributed by atoms with van der Waals surface area (Å²) in [5.41, 5.74) is 1.31. The van der Waals surface area contributed by atoms with Crippen molar-refractivity contribution in [2.45, 2.75) is 39.7 Å². The van der Waals surface area contributed by atoms with Crippen molar-refractivity contribution >= 4 is 17.5 Å². The highest BCUT2D eigenvalue weighted by molar-refractivity contribution is 6.10. The number of amides is 2. The normalized spacial score (nSPS) is 18.8. The molecule has 2 rings (SSSR count). The molecule has 1 aromatic carbocycles. The van der Waals surface area contributed by atoms with Crippen molar-refractivity contribution in [2.24, 2.45) is 5.92 Å². The van der Waals surface area contributed by atoms with Crippen LogP contribution < -0.4 is 10.2 Å². The Kier molecular flexibility index (Phi) is 4.42. The first-order valence-electron chi connectivity index (χ1n) is 7.25. The summed E-state index contributed by atoms with van der Waals surface area (Å²) in [6, 6.07) is 6.91. The number of nitrogens with zero attached hydrogens (tertiary/aromatic N) is 1. The molecule has 0 aliphatic carbocycles. The topological polar surface area (TPSA) is 49.4 Å². The fourth-order valence-electron chi connectivity index (χ4n) is 2.54. The Morgan fingerprint density at radius 3 is 2.60 bits per heavy atom. The molecule has 4 heteroatoms. The fourth-order valence-corrected chi connectivity index (χ4v) is 2.54. The first-order valence-corrected chi connectivity index (χ1v) is 7.25. The van der Waals surface area contributed by atoms with Crippen molar-refractivity contribution in [3.63, 3.8) is 0 Å². The first-order chi connectivity index (χ1) is 9.54. The Hall–Kier alpha value is -1.84. The van der Waals surface area contributed by atoms with Crippen LogP contribution in [0.25, 0.3) is 0 Å². The van der Waals surface area contributed by atoms with Gasteiger partial charge in [-0.15, -0.1) is 0 Å². The lowest BCUT2D eigenvalue weighted by molar-refractivity contribution is -0.120. The Labute approximate surface area is 120 Å². The van der Waals surface area contributed by atoms with Gasteiger partial charge in [0.15, 0.2) is 0 Å². The summed E-state index contributed by atoms with van der Waals surface area (Å²) in [7, 11) is 0. The van der Waals surface area contributed by atoms with E-state index in [0.717, 1.165) is 12.1 Å². The molecule has 2 amide bonds. The summed E-state index contributed by atoms with van der Waals surface area (Å²) in [6.45, 7) is 6.80. The minimum absolute atomic E-state index is 0.00106. The standard InChI is InChI=1S/C16H22N2O2/c1-4-7-13-16(20)18(10-11(2)3)14-9-6-5-8-12(14)15(19)17-13/h5-6,8-9,11,13H,4,7,10H2,1-3H3,(H,17,19). The van der Waals surface area contributed by atoms with Gasteiger partial charge < -0.3 is 10.2 Å². The van der Waals surface area contributed by atoms with E-state index in [9.17, 15) is 9.59 Å². The summed E-state index contributed by atoms with van der Waals surface area (Å²) in [5, 5.41) is 2.86. The molecule has 0 saturated carbocycles. The third-order valence-corrected chi connectivity index (χ3v) is 3.43. The van der Waals surface area contributed by atoms with Crippen LogP contribution in [0.2, 0.25) is 0 Å². The number of para-hydroxylation sites is 1. The number of carbonyl (C=O) groups is 2. The predicted octanol–water partition coefficient (Wildman–Crippen LogP) is 2.59. The molecule has 20 heavy (non-hydrogen) atoms. The van der Waals surface area contributed by atoms with Gasteiger partial charge in [0.25, 0.3) is 5.91 Å². The zero-order valence-electron chi connectivity index (χ0n) is 12.3. The molecule has 0 aromatic heterocycles. The maximum absolute atomic E-state index is 12.7. The van der Waals surface area contributed by atoms with Crippen molar-refractivity contribution in [1.82, 2.24) is 5.32 Å². The van der Waals surface area contributed by atoms with E-state index in [1.54, 1.807) is 11.0 Å². The van der Waals surface area contributed by atoms with Crippen LogP contribution in [-0.4, -0.2) is 24.4 Å². The SMILES string of the molecule is CCCC1NC(=O)c2ccccc2N(CC(C)C)C1=O. The van der Waals surface area contributed by atoms with Crippen LogP contribution in [0.4, 0.5) is 5.69 Å². The number of carbonyl (C=O) groups excluding carboxylic acids is 2. The quantitative estimate of drug-likeness (QED) is 0.917. The molecule has 1 heterocycles. The smallest absolute Gasteiger partial charge is 0.254 e. The number of hydrogen-bond donors (Lipinski definition) is 1. The number of anilines is 1. The van der Waals surface area contributed by atoms with Gasteiger partial charge in [-0.2, -0.15) is 0 Å². The molecule has 1 N–H and O–H groups in total. The minimum atomic E-state index is -0.418. The van der Waals surface area contributed by atoms with Gasteiger partial charge in [0.1, 0.15) is 6.04 Å². The van der Waals surface area contributed by atoms with Gasteiger partial charge >= 0.3 is 0 Å². The summed E-state index contributed by atoms with van der Waals surface area (Å²) in [5.74, 6) is 0.194. The Balaban J connectivity index is 2.45. The highest BCUT2D eigenvalue weighted by atomic mass is 16.2. The van der Waals surface area contributed by atoms with E-state index >= 15 is 0 Å². The van der Waals surface area contributed by atoms with Gasteiger partial charge in [0.05, 0.1) is 11.3 Å². The third-order valence-electron chi connectivity index (χ3n) is 3.43. The molecular weight excluding hydrogens is 252 g/mol. The summed E-state index contributed by atoms with van der Waals surface area (Å²) >= 11 is 0. The van der Waals surface area contributed by atoms with Crippen LogP contribution in [-0.2, 0) is 4.79 Å². The van der Waals surface area contributed by atoms with E-state index in [2.05, 4.69) is 19.2 Å². The van der Waals surface area contributed by atoms with Crippen LogP contribution in [0.3, 0.4) is 0 Å². The van der Waals surface area contributed by atoms with E-state index in [0.29, 0.717) is 24.4 Å². The zero-order chi connectivity index (χ0) is 14.7. The third kappa shape index (κ3) is 2.84. The van der Waals surface area contributed by atoms with Crippen LogP contribution in [0, 0.1) is 5.92 Å². The second-order valence-corrected chi connectivity index (χ2v) is 5.67. The van der Waals surface area contributed by atoms with Gasteiger partial charge in [-0.25, -0.2) is 0 Å². The molecule has 108 valence electrons. The molecule has 1 unspecified atom stereocenters. The lowest BCUT2D eigenvalue weighted by atomic mass is 10.1. The monoisotopic (exact) mass is 274 g/mol. The number of rotatable bonds is 4.